The van der Waals surface area contributed by atoms with E-state index in [0.717, 1.165) is 21.0 Å². The van der Waals surface area contributed by atoms with Gasteiger partial charge < -0.3 is 4.98 Å². The standard InChI is InChI=1S/C25H16N6O2S/c32-22(31-25-28-17-9-3-4-11-20(17)34-25)16-8-5-10-18-21(16)29-24(27-18)30-23(33)19-12-14-6-1-2-7-15(14)13-26-19/h1-13H,(H,28,31,32)(H2,27,29,30,33). The molecule has 6 rings (SSSR count). The molecule has 0 aliphatic carbocycles. The molecule has 0 bridgehead atoms. The molecule has 9 heteroatoms. The average Bonchev–Trinajstić information content (AvgIpc) is 3.46. The van der Waals surface area contributed by atoms with Crippen molar-refractivity contribution in [1.82, 2.24) is 19.9 Å². The third kappa shape index (κ3) is 3.63. The van der Waals surface area contributed by atoms with Gasteiger partial charge >= 0.3 is 0 Å². The van der Waals surface area contributed by atoms with Crippen LogP contribution in [0.4, 0.5) is 11.1 Å². The van der Waals surface area contributed by atoms with E-state index in [1.165, 1.54) is 11.3 Å². The van der Waals surface area contributed by atoms with Crippen LogP contribution in [0.3, 0.4) is 0 Å². The molecule has 2 amide bonds. The highest BCUT2D eigenvalue weighted by atomic mass is 32.1. The van der Waals surface area contributed by atoms with E-state index >= 15 is 0 Å². The van der Waals surface area contributed by atoms with Gasteiger partial charge in [-0.25, -0.2) is 9.97 Å². The molecule has 34 heavy (non-hydrogen) atoms. The third-order valence-corrected chi connectivity index (χ3v) is 6.32. The van der Waals surface area contributed by atoms with Gasteiger partial charge in [-0.1, -0.05) is 53.8 Å². The van der Waals surface area contributed by atoms with Gasteiger partial charge in [0.05, 0.1) is 26.8 Å². The van der Waals surface area contributed by atoms with Crippen LogP contribution in [0.15, 0.2) is 79.0 Å². The van der Waals surface area contributed by atoms with E-state index in [4.69, 9.17) is 0 Å². The highest BCUT2D eigenvalue weighted by molar-refractivity contribution is 7.22. The Hall–Kier alpha value is -4.63. The number of aromatic amines is 1. The summed E-state index contributed by atoms with van der Waals surface area (Å²) in [7, 11) is 0. The SMILES string of the molecule is O=C(Nc1nc2cccc(C(=O)Nc3nc4ccccc4s3)c2[nH]1)c1cc2ccccc2cn1. The van der Waals surface area contributed by atoms with E-state index in [-0.39, 0.29) is 17.5 Å². The van der Waals surface area contributed by atoms with E-state index < -0.39 is 5.91 Å². The second-order valence-electron chi connectivity index (χ2n) is 7.60. The monoisotopic (exact) mass is 464 g/mol. The van der Waals surface area contributed by atoms with Crippen molar-refractivity contribution in [3.8, 4) is 0 Å². The number of fused-ring (bicyclic) bond motifs is 3. The molecule has 3 heterocycles. The number of anilines is 2. The van der Waals surface area contributed by atoms with Crippen LogP contribution in [0.1, 0.15) is 20.8 Å². The van der Waals surface area contributed by atoms with Crippen LogP contribution >= 0.6 is 11.3 Å². The summed E-state index contributed by atoms with van der Waals surface area (Å²) in [6.45, 7) is 0. The number of carbonyl (C=O) groups excluding carboxylic acids is 2. The van der Waals surface area contributed by atoms with Gasteiger partial charge in [-0.05, 0) is 35.7 Å². The minimum atomic E-state index is -0.398. The van der Waals surface area contributed by atoms with Crippen LogP contribution in [0.2, 0.25) is 0 Å². The van der Waals surface area contributed by atoms with Crippen LogP contribution in [0, 0.1) is 0 Å². The van der Waals surface area contributed by atoms with E-state index in [9.17, 15) is 9.59 Å². The number of nitrogens with zero attached hydrogens (tertiary/aromatic N) is 3. The Labute approximate surface area is 196 Å². The number of hydrogen-bond donors (Lipinski definition) is 3. The predicted molar refractivity (Wildman–Crippen MR) is 133 cm³/mol. The van der Waals surface area contributed by atoms with E-state index in [0.29, 0.717) is 21.7 Å². The van der Waals surface area contributed by atoms with Crippen molar-refractivity contribution in [3.63, 3.8) is 0 Å². The number of pyridine rings is 1. The Kier molecular flexibility index (Phi) is 4.74. The van der Waals surface area contributed by atoms with E-state index in [1.807, 2.05) is 48.5 Å². The number of hydrogen-bond acceptors (Lipinski definition) is 6. The summed E-state index contributed by atoms with van der Waals surface area (Å²) in [6.07, 6.45) is 1.66. The second kappa shape index (κ2) is 8.05. The first-order chi connectivity index (χ1) is 16.6. The molecule has 0 aliphatic heterocycles. The fraction of sp³-hybridized carbons (Fsp3) is 0. The predicted octanol–water partition coefficient (Wildman–Crippen LogP) is 5.23. The summed E-state index contributed by atoms with van der Waals surface area (Å²) in [6, 6.07) is 22.3. The summed E-state index contributed by atoms with van der Waals surface area (Å²) in [5, 5.41) is 7.97. The molecule has 0 spiro atoms. The van der Waals surface area contributed by atoms with Crippen molar-refractivity contribution in [1.29, 1.82) is 0 Å². The van der Waals surface area contributed by atoms with Crippen molar-refractivity contribution in [2.75, 3.05) is 10.6 Å². The zero-order chi connectivity index (χ0) is 23.1. The molecule has 3 N–H and O–H groups in total. The number of carbonyl (C=O) groups is 2. The number of nitrogens with one attached hydrogen (secondary N) is 3. The number of amides is 2. The lowest BCUT2D eigenvalue weighted by Gasteiger charge is -2.03. The first-order valence-corrected chi connectivity index (χ1v) is 11.3. The molecule has 0 saturated carbocycles. The van der Waals surface area contributed by atoms with Gasteiger partial charge in [0.15, 0.2) is 5.13 Å². The molecule has 0 atom stereocenters. The van der Waals surface area contributed by atoms with Crippen LogP contribution in [0.5, 0.6) is 0 Å². The molecular formula is C25H16N6O2S. The summed E-state index contributed by atoms with van der Waals surface area (Å²) in [4.78, 5) is 41.9. The number of aromatic nitrogens is 4. The van der Waals surface area contributed by atoms with Crippen LogP contribution < -0.4 is 10.6 Å². The van der Waals surface area contributed by atoms with Crippen LogP contribution in [-0.4, -0.2) is 31.8 Å². The van der Waals surface area contributed by atoms with Gasteiger partial charge in [0.1, 0.15) is 5.69 Å². The van der Waals surface area contributed by atoms with E-state index in [1.54, 1.807) is 30.5 Å². The van der Waals surface area contributed by atoms with Crippen molar-refractivity contribution >= 4 is 66.3 Å². The Balaban J connectivity index is 1.26. The molecule has 164 valence electrons. The maximum absolute atomic E-state index is 13.0. The molecule has 3 aromatic carbocycles. The van der Waals surface area contributed by atoms with Crippen molar-refractivity contribution in [2.45, 2.75) is 0 Å². The Bertz CT molecular complexity index is 1690. The minimum absolute atomic E-state index is 0.232. The summed E-state index contributed by atoms with van der Waals surface area (Å²) in [5.41, 5.74) is 2.57. The van der Waals surface area contributed by atoms with Gasteiger partial charge in [-0.15, -0.1) is 0 Å². The van der Waals surface area contributed by atoms with Gasteiger partial charge in [0.25, 0.3) is 11.8 Å². The summed E-state index contributed by atoms with van der Waals surface area (Å²) < 4.78 is 0.991. The zero-order valence-corrected chi connectivity index (χ0v) is 18.4. The maximum Gasteiger partial charge on any atom is 0.276 e. The van der Waals surface area contributed by atoms with Gasteiger partial charge in [0, 0.05) is 11.6 Å². The average molecular weight is 465 g/mol. The molecule has 0 saturated heterocycles. The lowest BCUT2D eigenvalue weighted by molar-refractivity contribution is 0.101. The Morgan fingerprint density at radius 1 is 0.794 bits per heavy atom. The van der Waals surface area contributed by atoms with Crippen molar-refractivity contribution < 1.29 is 9.59 Å². The first-order valence-electron chi connectivity index (χ1n) is 10.5. The van der Waals surface area contributed by atoms with Gasteiger partial charge in [-0.3, -0.25) is 25.2 Å². The molecule has 3 aromatic heterocycles. The number of imidazole rings is 1. The number of para-hydroxylation sites is 2. The molecule has 0 radical (unpaired) electrons. The van der Waals surface area contributed by atoms with E-state index in [2.05, 4.69) is 30.6 Å². The second-order valence-corrected chi connectivity index (χ2v) is 8.63. The largest absolute Gasteiger partial charge is 0.323 e. The van der Waals surface area contributed by atoms with Crippen molar-refractivity contribution in [2.24, 2.45) is 0 Å². The van der Waals surface area contributed by atoms with Crippen LogP contribution in [0.25, 0.3) is 32.0 Å². The quantitative estimate of drug-likeness (QED) is 0.331. The molecule has 6 aromatic rings. The molecule has 0 fully saturated rings. The number of rotatable bonds is 4. The fourth-order valence-electron chi connectivity index (χ4n) is 3.75. The fourth-order valence-corrected chi connectivity index (χ4v) is 4.61. The lowest BCUT2D eigenvalue weighted by Crippen LogP contribution is -2.14. The van der Waals surface area contributed by atoms with Gasteiger partial charge in [0.2, 0.25) is 5.95 Å². The maximum atomic E-state index is 13.0. The Morgan fingerprint density at radius 2 is 1.59 bits per heavy atom. The number of thiazole rings is 1. The lowest BCUT2D eigenvalue weighted by atomic mass is 10.1. The highest BCUT2D eigenvalue weighted by Gasteiger charge is 2.17. The molecule has 8 nitrogen and oxygen atoms in total. The molecule has 0 aliphatic rings. The third-order valence-electron chi connectivity index (χ3n) is 5.37. The normalized spacial score (nSPS) is 11.2. The highest BCUT2D eigenvalue weighted by Crippen LogP contribution is 2.27. The van der Waals surface area contributed by atoms with Crippen LogP contribution in [-0.2, 0) is 0 Å². The minimum Gasteiger partial charge on any atom is -0.323 e. The first kappa shape index (κ1) is 20.0. The molecular weight excluding hydrogens is 448 g/mol. The summed E-state index contributed by atoms with van der Waals surface area (Å²) >= 11 is 1.40. The van der Waals surface area contributed by atoms with Gasteiger partial charge in [-0.2, -0.15) is 0 Å². The van der Waals surface area contributed by atoms with Crippen molar-refractivity contribution in [3.05, 3.63) is 90.3 Å². The number of H-pyrrole nitrogens is 1. The topological polar surface area (TPSA) is 113 Å². The number of benzene rings is 3. The zero-order valence-electron chi connectivity index (χ0n) is 17.6. The smallest absolute Gasteiger partial charge is 0.276 e. The Morgan fingerprint density at radius 3 is 2.47 bits per heavy atom. The summed E-state index contributed by atoms with van der Waals surface area (Å²) in [5.74, 6) is -0.483. The molecule has 0 unspecified atom stereocenters.